The number of aromatic hydroxyl groups is 1. The predicted octanol–water partition coefficient (Wildman–Crippen LogP) is 4.72. The van der Waals surface area contributed by atoms with Crippen molar-refractivity contribution in [3.8, 4) is 28.5 Å². The molecule has 5 rings (SSSR count). The first-order valence-electron chi connectivity index (χ1n) is 10.8. The van der Waals surface area contributed by atoms with Crippen LogP contribution in [-0.4, -0.2) is 39.0 Å². The van der Waals surface area contributed by atoms with Gasteiger partial charge < -0.3 is 19.9 Å². The number of hydrogen-bond donors (Lipinski definition) is 2. The fourth-order valence-corrected chi connectivity index (χ4v) is 3.87. The molecule has 0 saturated carbocycles. The van der Waals surface area contributed by atoms with Crippen LogP contribution >= 0.6 is 0 Å². The van der Waals surface area contributed by atoms with Crippen molar-refractivity contribution >= 4 is 22.6 Å². The van der Waals surface area contributed by atoms with E-state index in [9.17, 15) is 9.90 Å². The summed E-state index contributed by atoms with van der Waals surface area (Å²) in [4.78, 5) is 18.2. The smallest absolute Gasteiger partial charge is 0.256 e. The zero-order valence-electron chi connectivity index (χ0n) is 18.6. The number of hydrogen-bond acceptors (Lipinski definition) is 6. The minimum absolute atomic E-state index is 0.0126. The first-order chi connectivity index (χ1) is 15.9. The molecule has 0 spiro atoms. The van der Waals surface area contributed by atoms with E-state index in [0.29, 0.717) is 52.7 Å². The normalized spacial score (nSPS) is 12.8. The third-order valence-electron chi connectivity index (χ3n) is 5.54. The molecule has 0 bridgehead atoms. The quantitative estimate of drug-likeness (QED) is 0.442. The molecule has 2 N–H and O–H groups in total. The number of anilines is 1. The Morgan fingerprint density at radius 3 is 2.64 bits per heavy atom. The molecule has 33 heavy (non-hydrogen) atoms. The summed E-state index contributed by atoms with van der Waals surface area (Å²) >= 11 is 0. The van der Waals surface area contributed by atoms with Crippen LogP contribution in [0.25, 0.3) is 22.3 Å². The molecule has 168 valence electrons. The number of phenols is 1. The fourth-order valence-electron chi connectivity index (χ4n) is 3.87. The van der Waals surface area contributed by atoms with E-state index in [1.165, 1.54) is 0 Å². The SMILES string of the molecule is Cc1ccc(NC(=O)c2cc(-c3ccc4c(c3)OCCO4)nc3c2cnn3C(C)C)c(O)c1. The van der Waals surface area contributed by atoms with E-state index < -0.39 is 0 Å². The van der Waals surface area contributed by atoms with Crippen LogP contribution in [0.3, 0.4) is 0 Å². The Morgan fingerprint density at radius 1 is 1.09 bits per heavy atom. The summed E-state index contributed by atoms with van der Waals surface area (Å²) in [7, 11) is 0. The first kappa shape index (κ1) is 20.8. The molecule has 0 aliphatic carbocycles. The lowest BCUT2D eigenvalue weighted by molar-refractivity contribution is 0.102. The van der Waals surface area contributed by atoms with E-state index in [4.69, 9.17) is 14.5 Å². The molecule has 1 aliphatic heterocycles. The van der Waals surface area contributed by atoms with Crippen LogP contribution in [0.2, 0.25) is 0 Å². The lowest BCUT2D eigenvalue weighted by Crippen LogP contribution is -2.15. The summed E-state index contributed by atoms with van der Waals surface area (Å²) in [6.07, 6.45) is 1.65. The van der Waals surface area contributed by atoms with Gasteiger partial charge in [-0.15, -0.1) is 0 Å². The van der Waals surface area contributed by atoms with Gasteiger partial charge in [-0.3, -0.25) is 4.79 Å². The zero-order valence-corrected chi connectivity index (χ0v) is 18.6. The van der Waals surface area contributed by atoms with Crippen LogP contribution in [0.15, 0.2) is 48.7 Å². The average Bonchev–Trinajstić information content (AvgIpc) is 3.24. The number of rotatable bonds is 4. The number of ether oxygens (including phenoxy) is 2. The molecule has 8 nitrogen and oxygen atoms in total. The maximum Gasteiger partial charge on any atom is 0.256 e. The molecule has 4 aromatic rings. The van der Waals surface area contributed by atoms with Gasteiger partial charge in [-0.2, -0.15) is 5.10 Å². The van der Waals surface area contributed by atoms with E-state index >= 15 is 0 Å². The molecule has 0 saturated heterocycles. The maximum absolute atomic E-state index is 13.3. The number of carbonyl (C=O) groups is 1. The summed E-state index contributed by atoms with van der Waals surface area (Å²) in [6, 6.07) is 12.5. The Morgan fingerprint density at radius 2 is 1.88 bits per heavy atom. The van der Waals surface area contributed by atoms with Crippen molar-refractivity contribution < 1.29 is 19.4 Å². The van der Waals surface area contributed by atoms with Crippen molar-refractivity contribution in [3.63, 3.8) is 0 Å². The van der Waals surface area contributed by atoms with E-state index in [2.05, 4.69) is 10.4 Å². The van der Waals surface area contributed by atoms with Crippen LogP contribution in [-0.2, 0) is 0 Å². The highest BCUT2D eigenvalue weighted by atomic mass is 16.6. The van der Waals surface area contributed by atoms with Crippen LogP contribution in [0.1, 0.15) is 35.8 Å². The second-order valence-electron chi connectivity index (χ2n) is 8.31. The van der Waals surface area contributed by atoms with Gasteiger partial charge >= 0.3 is 0 Å². The summed E-state index contributed by atoms with van der Waals surface area (Å²) < 4.78 is 13.1. The highest BCUT2D eigenvalue weighted by Crippen LogP contribution is 2.35. The van der Waals surface area contributed by atoms with Crippen molar-refractivity contribution in [1.82, 2.24) is 14.8 Å². The van der Waals surface area contributed by atoms with Gasteiger partial charge in [0.15, 0.2) is 17.1 Å². The van der Waals surface area contributed by atoms with E-state index in [1.54, 1.807) is 29.1 Å². The fraction of sp³-hybridized carbons (Fsp3) is 0.240. The molecule has 2 aromatic carbocycles. The minimum Gasteiger partial charge on any atom is -0.506 e. The second kappa shape index (κ2) is 8.12. The van der Waals surface area contributed by atoms with Gasteiger partial charge in [0.2, 0.25) is 0 Å². The Kier molecular flexibility index (Phi) is 5.12. The Balaban J connectivity index is 1.62. The third kappa shape index (κ3) is 3.84. The summed E-state index contributed by atoms with van der Waals surface area (Å²) in [5.74, 6) is 0.988. The van der Waals surface area contributed by atoms with Crippen molar-refractivity contribution in [1.29, 1.82) is 0 Å². The van der Waals surface area contributed by atoms with Crippen LogP contribution in [0, 0.1) is 6.92 Å². The minimum atomic E-state index is -0.358. The number of phenolic OH excluding ortho intramolecular Hbond substituents is 1. The molecule has 0 radical (unpaired) electrons. The zero-order chi connectivity index (χ0) is 23.1. The number of aryl methyl sites for hydroxylation is 1. The topological polar surface area (TPSA) is 98.5 Å². The molecule has 0 unspecified atom stereocenters. The Labute approximate surface area is 190 Å². The average molecular weight is 444 g/mol. The molecular formula is C25H24N4O4. The van der Waals surface area contributed by atoms with E-state index in [-0.39, 0.29) is 17.7 Å². The molecule has 0 fully saturated rings. The molecule has 1 amide bonds. The molecule has 8 heteroatoms. The van der Waals surface area contributed by atoms with Crippen molar-refractivity contribution in [2.45, 2.75) is 26.8 Å². The number of fused-ring (bicyclic) bond motifs is 2. The predicted molar refractivity (Wildman–Crippen MR) is 125 cm³/mol. The third-order valence-corrected chi connectivity index (χ3v) is 5.54. The van der Waals surface area contributed by atoms with Gasteiger partial charge in [0.25, 0.3) is 5.91 Å². The van der Waals surface area contributed by atoms with Crippen molar-refractivity contribution in [3.05, 3.63) is 59.8 Å². The number of amides is 1. The van der Waals surface area contributed by atoms with Gasteiger partial charge in [-0.25, -0.2) is 9.67 Å². The van der Waals surface area contributed by atoms with Gasteiger partial charge in [0, 0.05) is 11.6 Å². The molecular weight excluding hydrogens is 420 g/mol. The molecule has 2 aromatic heterocycles. The largest absolute Gasteiger partial charge is 0.506 e. The molecule has 3 heterocycles. The Hall–Kier alpha value is -4.07. The van der Waals surface area contributed by atoms with Crippen molar-refractivity contribution in [2.75, 3.05) is 18.5 Å². The maximum atomic E-state index is 13.3. The first-order valence-corrected chi connectivity index (χ1v) is 10.8. The van der Waals surface area contributed by atoms with Gasteiger partial charge in [-0.1, -0.05) is 6.07 Å². The number of benzene rings is 2. The summed E-state index contributed by atoms with van der Waals surface area (Å²) in [6.45, 7) is 6.89. The standard InChI is InChI=1S/C25H24N4O4/c1-14(2)29-24-18(13-26-29)17(25(31)28-19-6-4-15(3)10-21(19)30)12-20(27-24)16-5-7-22-23(11-16)33-9-8-32-22/h4-7,10-14,30H,8-9H2,1-3H3,(H,28,31). The summed E-state index contributed by atoms with van der Waals surface area (Å²) in [5.41, 5.74) is 3.67. The number of nitrogens with one attached hydrogen (secondary N) is 1. The lowest BCUT2D eigenvalue weighted by Gasteiger charge is -2.19. The highest BCUT2D eigenvalue weighted by Gasteiger charge is 2.21. The molecule has 0 atom stereocenters. The monoisotopic (exact) mass is 444 g/mol. The highest BCUT2D eigenvalue weighted by molar-refractivity contribution is 6.13. The Bertz CT molecular complexity index is 1380. The van der Waals surface area contributed by atoms with E-state index in [1.807, 2.05) is 45.0 Å². The molecule has 1 aliphatic rings. The lowest BCUT2D eigenvalue weighted by atomic mass is 10.1. The number of pyridine rings is 1. The number of nitrogens with zero attached hydrogens (tertiary/aromatic N) is 3. The van der Waals surface area contributed by atoms with Gasteiger partial charge in [0.05, 0.1) is 28.5 Å². The summed E-state index contributed by atoms with van der Waals surface area (Å²) in [5, 5.41) is 18.2. The van der Waals surface area contributed by atoms with Gasteiger partial charge in [0.1, 0.15) is 19.0 Å². The number of aromatic nitrogens is 3. The van der Waals surface area contributed by atoms with Crippen molar-refractivity contribution in [2.24, 2.45) is 0 Å². The van der Waals surface area contributed by atoms with Crippen LogP contribution in [0.5, 0.6) is 17.2 Å². The second-order valence-corrected chi connectivity index (χ2v) is 8.31. The van der Waals surface area contributed by atoms with Gasteiger partial charge in [-0.05, 0) is 62.7 Å². The van der Waals surface area contributed by atoms with Crippen LogP contribution < -0.4 is 14.8 Å². The van der Waals surface area contributed by atoms with Crippen LogP contribution in [0.4, 0.5) is 5.69 Å². The number of carbonyl (C=O) groups excluding carboxylic acids is 1. The van der Waals surface area contributed by atoms with E-state index in [0.717, 1.165) is 11.1 Å².